The van der Waals surface area contributed by atoms with Crippen LogP contribution >= 0.6 is 0 Å². The third kappa shape index (κ3) is 5.24. The van der Waals surface area contributed by atoms with Gasteiger partial charge >= 0.3 is 0 Å². The van der Waals surface area contributed by atoms with Crippen LogP contribution in [0.5, 0.6) is 0 Å². The number of benzene rings is 5. The van der Waals surface area contributed by atoms with Crippen molar-refractivity contribution in [1.82, 2.24) is 0 Å². The highest BCUT2D eigenvalue weighted by molar-refractivity contribution is 5.88. The van der Waals surface area contributed by atoms with Gasteiger partial charge in [0.2, 0.25) is 0 Å². The van der Waals surface area contributed by atoms with E-state index in [2.05, 4.69) is 146 Å². The molecule has 0 aliphatic heterocycles. The Balaban J connectivity index is 1.45. The van der Waals surface area contributed by atoms with Gasteiger partial charge in [-0.05, 0) is 63.6 Å². The minimum Gasteiger partial charge on any atom is -0.0723 e. The number of rotatable bonds is 6. The summed E-state index contributed by atoms with van der Waals surface area (Å²) in [6, 6.07) is 43.4. The van der Waals surface area contributed by atoms with Crippen LogP contribution in [0, 0.1) is 6.92 Å². The molecule has 0 aromatic heterocycles. The molecule has 0 atom stereocenters. The van der Waals surface area contributed by atoms with Crippen molar-refractivity contribution >= 4 is 22.4 Å². The Morgan fingerprint density at radius 3 is 2.06 bits per heavy atom. The van der Waals surface area contributed by atoms with Crippen molar-refractivity contribution in [1.29, 1.82) is 0 Å². The fourth-order valence-electron chi connectivity index (χ4n) is 4.24. The SMILES string of the molecule is Cc1ccc(-c2ccc3ccc(C/C=C(\C=C\c4ccccc4)c4ccccc4)cc3c2)cc1. The monoisotopic (exact) mass is 436 g/mol. The summed E-state index contributed by atoms with van der Waals surface area (Å²) < 4.78 is 0. The normalized spacial score (nSPS) is 11.9. The first-order valence-electron chi connectivity index (χ1n) is 11.8. The first-order chi connectivity index (χ1) is 16.7. The molecule has 0 saturated carbocycles. The number of fused-ring (bicyclic) bond motifs is 1. The van der Waals surface area contributed by atoms with E-state index in [1.165, 1.54) is 49.7 Å². The third-order valence-corrected chi connectivity index (χ3v) is 6.21. The van der Waals surface area contributed by atoms with Crippen LogP contribution in [-0.4, -0.2) is 0 Å². The van der Waals surface area contributed by atoms with E-state index in [1.54, 1.807) is 0 Å². The molecule has 0 amide bonds. The van der Waals surface area contributed by atoms with Gasteiger partial charge in [0.15, 0.2) is 0 Å². The molecular formula is C34H28. The van der Waals surface area contributed by atoms with E-state index in [0.29, 0.717) is 0 Å². The van der Waals surface area contributed by atoms with E-state index in [0.717, 1.165) is 6.42 Å². The molecule has 0 nitrogen and oxygen atoms in total. The first-order valence-corrected chi connectivity index (χ1v) is 11.8. The van der Waals surface area contributed by atoms with E-state index in [-0.39, 0.29) is 0 Å². The van der Waals surface area contributed by atoms with Gasteiger partial charge in [0, 0.05) is 0 Å². The van der Waals surface area contributed by atoms with Crippen molar-refractivity contribution in [2.45, 2.75) is 13.3 Å². The molecule has 34 heavy (non-hydrogen) atoms. The lowest BCUT2D eigenvalue weighted by molar-refractivity contribution is 1.28. The van der Waals surface area contributed by atoms with Gasteiger partial charge in [0.1, 0.15) is 0 Å². The zero-order valence-electron chi connectivity index (χ0n) is 19.5. The highest BCUT2D eigenvalue weighted by Gasteiger charge is 2.03. The Hall–Kier alpha value is -4.16. The Morgan fingerprint density at radius 2 is 1.29 bits per heavy atom. The minimum atomic E-state index is 0.883. The Kier molecular flexibility index (Phi) is 6.49. The maximum Gasteiger partial charge on any atom is -0.00880 e. The molecule has 0 bridgehead atoms. The van der Waals surface area contributed by atoms with Crippen LogP contribution in [0.2, 0.25) is 0 Å². The number of aryl methyl sites for hydroxylation is 1. The fourth-order valence-corrected chi connectivity index (χ4v) is 4.24. The molecule has 0 heterocycles. The van der Waals surface area contributed by atoms with Crippen molar-refractivity contribution < 1.29 is 0 Å². The molecule has 5 aromatic rings. The summed E-state index contributed by atoms with van der Waals surface area (Å²) >= 11 is 0. The maximum atomic E-state index is 2.33. The standard InChI is InChI=1S/C34H28/c1-26-12-17-31(18-13-26)33-23-22-32-21-16-28(24-34(32)25-33)15-20-30(29-10-6-3-7-11-29)19-14-27-8-4-2-5-9-27/h2-14,16-25H,15H2,1H3/b19-14+,30-20+. The van der Waals surface area contributed by atoms with Gasteiger partial charge in [-0.25, -0.2) is 0 Å². The summed E-state index contributed by atoms with van der Waals surface area (Å²) in [4.78, 5) is 0. The smallest absolute Gasteiger partial charge is 0.00880 e. The van der Waals surface area contributed by atoms with Crippen LogP contribution in [0.4, 0.5) is 0 Å². The molecule has 0 N–H and O–H groups in total. The summed E-state index contributed by atoms with van der Waals surface area (Å²) in [5.74, 6) is 0. The van der Waals surface area contributed by atoms with Crippen molar-refractivity contribution in [2.24, 2.45) is 0 Å². The van der Waals surface area contributed by atoms with Gasteiger partial charge in [0.25, 0.3) is 0 Å². The van der Waals surface area contributed by atoms with Crippen LogP contribution in [0.1, 0.15) is 22.3 Å². The molecule has 0 fully saturated rings. The lowest BCUT2D eigenvalue weighted by Crippen LogP contribution is -1.87. The average molecular weight is 437 g/mol. The van der Waals surface area contributed by atoms with E-state index in [9.17, 15) is 0 Å². The van der Waals surface area contributed by atoms with Gasteiger partial charge in [-0.1, -0.05) is 139 Å². The predicted molar refractivity (Wildman–Crippen MR) is 148 cm³/mol. The van der Waals surface area contributed by atoms with E-state index < -0.39 is 0 Å². The molecule has 164 valence electrons. The number of allylic oxidation sites excluding steroid dienone is 3. The quantitative estimate of drug-likeness (QED) is 0.233. The van der Waals surface area contributed by atoms with E-state index in [4.69, 9.17) is 0 Å². The zero-order chi connectivity index (χ0) is 23.2. The summed E-state index contributed by atoms with van der Waals surface area (Å²) in [5.41, 5.74) is 8.80. The second-order valence-electron chi connectivity index (χ2n) is 8.74. The first kappa shape index (κ1) is 21.7. The van der Waals surface area contributed by atoms with Gasteiger partial charge in [-0.2, -0.15) is 0 Å². The third-order valence-electron chi connectivity index (χ3n) is 6.21. The van der Waals surface area contributed by atoms with Crippen molar-refractivity contribution in [2.75, 3.05) is 0 Å². The molecule has 0 aliphatic rings. The van der Waals surface area contributed by atoms with Crippen LogP contribution in [0.15, 0.2) is 133 Å². The Bertz CT molecular complexity index is 1440. The summed E-state index contributed by atoms with van der Waals surface area (Å²) in [6.45, 7) is 2.13. The molecule has 5 aromatic carbocycles. The molecule has 0 saturated heterocycles. The lowest BCUT2D eigenvalue weighted by Gasteiger charge is -2.08. The van der Waals surface area contributed by atoms with Gasteiger partial charge in [0.05, 0.1) is 0 Å². The Labute approximate surface area is 202 Å². The van der Waals surface area contributed by atoms with Crippen molar-refractivity contribution in [3.8, 4) is 11.1 Å². The fraction of sp³-hybridized carbons (Fsp3) is 0.0588. The second kappa shape index (κ2) is 10.2. The van der Waals surface area contributed by atoms with Crippen molar-refractivity contribution in [3.63, 3.8) is 0 Å². The van der Waals surface area contributed by atoms with Gasteiger partial charge in [-0.3, -0.25) is 0 Å². The molecule has 0 unspecified atom stereocenters. The highest BCUT2D eigenvalue weighted by atomic mass is 14.1. The maximum absolute atomic E-state index is 2.33. The van der Waals surface area contributed by atoms with Crippen LogP contribution in [0.25, 0.3) is 33.5 Å². The van der Waals surface area contributed by atoms with Crippen LogP contribution in [0.3, 0.4) is 0 Å². The predicted octanol–water partition coefficient (Wildman–Crippen LogP) is 9.15. The Morgan fingerprint density at radius 1 is 0.618 bits per heavy atom. The topological polar surface area (TPSA) is 0 Å². The minimum absolute atomic E-state index is 0.883. The number of hydrogen-bond acceptors (Lipinski definition) is 0. The van der Waals surface area contributed by atoms with E-state index in [1.807, 2.05) is 0 Å². The second-order valence-corrected chi connectivity index (χ2v) is 8.74. The highest BCUT2D eigenvalue weighted by Crippen LogP contribution is 2.26. The zero-order valence-corrected chi connectivity index (χ0v) is 19.5. The lowest BCUT2D eigenvalue weighted by atomic mass is 9.97. The molecule has 0 spiro atoms. The van der Waals surface area contributed by atoms with Gasteiger partial charge in [-0.15, -0.1) is 0 Å². The largest absolute Gasteiger partial charge is 0.0723 e. The van der Waals surface area contributed by atoms with Gasteiger partial charge < -0.3 is 0 Å². The molecule has 0 heteroatoms. The molecular weight excluding hydrogens is 408 g/mol. The summed E-state index contributed by atoms with van der Waals surface area (Å²) in [5, 5.41) is 2.56. The van der Waals surface area contributed by atoms with Crippen LogP contribution < -0.4 is 0 Å². The molecule has 0 radical (unpaired) electrons. The van der Waals surface area contributed by atoms with Crippen molar-refractivity contribution in [3.05, 3.63) is 156 Å². The van der Waals surface area contributed by atoms with E-state index >= 15 is 0 Å². The average Bonchev–Trinajstić information content (AvgIpc) is 2.90. The molecule has 0 aliphatic carbocycles. The summed E-state index contributed by atoms with van der Waals surface area (Å²) in [6.07, 6.45) is 7.63. The number of hydrogen-bond donors (Lipinski definition) is 0. The summed E-state index contributed by atoms with van der Waals surface area (Å²) in [7, 11) is 0. The van der Waals surface area contributed by atoms with Crippen LogP contribution in [-0.2, 0) is 6.42 Å². The molecule has 5 rings (SSSR count).